The summed E-state index contributed by atoms with van der Waals surface area (Å²) in [5.74, 6) is 1.12. The monoisotopic (exact) mass is 1040 g/mol. The minimum absolute atomic E-state index is 0.0843. The zero-order valence-electron chi connectivity index (χ0n) is 42.2. The van der Waals surface area contributed by atoms with Gasteiger partial charge >= 0.3 is 0 Å². The summed E-state index contributed by atoms with van der Waals surface area (Å²) in [6, 6.07) is 17.0. The maximum Gasteiger partial charge on any atom is 0.258 e. The van der Waals surface area contributed by atoms with E-state index in [-0.39, 0.29) is 49.6 Å². The maximum absolute atomic E-state index is 14.3. The van der Waals surface area contributed by atoms with Crippen molar-refractivity contribution in [2.75, 3.05) is 13.2 Å². The number of aliphatic hydroxyl groups excluding tert-OH is 1. The molecule has 3 amide bonds. The Balaban J connectivity index is 0.750. The number of β-amino-alcohol motifs (C(OH)–C–C–N with tert-alkyl or cyclic N) is 1. The van der Waals surface area contributed by atoms with Gasteiger partial charge in [-0.1, -0.05) is 75.3 Å². The number of fused-ring (bicyclic) bond motifs is 3. The van der Waals surface area contributed by atoms with Crippen LogP contribution in [-0.4, -0.2) is 102 Å². The maximum atomic E-state index is 14.3. The second kappa shape index (κ2) is 21.2. The van der Waals surface area contributed by atoms with Crippen molar-refractivity contribution in [1.82, 2.24) is 45.6 Å². The summed E-state index contributed by atoms with van der Waals surface area (Å²) in [7, 11) is 0. The Kier molecular flexibility index (Phi) is 14.9. The minimum Gasteiger partial charge on any atom is -0.482 e. The molecule has 382 valence electrons. The van der Waals surface area contributed by atoms with Crippen LogP contribution in [0.15, 0.2) is 89.6 Å². The Morgan fingerprint density at radius 3 is 2.33 bits per heavy atom. The van der Waals surface area contributed by atoms with Gasteiger partial charge in [0, 0.05) is 70.7 Å². The van der Waals surface area contributed by atoms with E-state index in [2.05, 4.69) is 80.8 Å². The fourth-order valence-electron chi connectivity index (χ4n) is 9.58. The number of hydrogen-bond acceptors (Lipinski definition) is 14. The molecular weight excluding hydrogens is 984 g/mol. The van der Waals surface area contributed by atoms with E-state index in [1.54, 1.807) is 39.7 Å². The summed E-state index contributed by atoms with van der Waals surface area (Å²) in [5.41, 5.74) is 8.74. The molecule has 0 bridgehead atoms. The van der Waals surface area contributed by atoms with Crippen molar-refractivity contribution in [3.63, 3.8) is 0 Å². The smallest absolute Gasteiger partial charge is 0.258 e. The Bertz CT molecular complexity index is 3050. The number of thiophene rings is 1. The van der Waals surface area contributed by atoms with E-state index in [0.29, 0.717) is 47.4 Å². The van der Waals surface area contributed by atoms with Crippen LogP contribution in [0.25, 0.3) is 15.4 Å². The number of aliphatic hydroxyl groups is 1. The molecule has 1 saturated carbocycles. The van der Waals surface area contributed by atoms with E-state index in [9.17, 15) is 19.5 Å². The highest BCUT2D eigenvalue weighted by Gasteiger charge is 2.43. The summed E-state index contributed by atoms with van der Waals surface area (Å²) >= 11 is 9.54. The number of carbonyl (C=O) groups is 3. The second-order valence-corrected chi connectivity index (χ2v) is 22.7. The Hall–Kier alpha value is -6.47. The van der Waals surface area contributed by atoms with Gasteiger partial charge < -0.3 is 35.4 Å². The van der Waals surface area contributed by atoms with Crippen LogP contribution in [0.3, 0.4) is 0 Å². The number of amides is 3. The molecule has 9 rings (SSSR count). The first-order valence-electron chi connectivity index (χ1n) is 24.5. The molecule has 5 atom stereocenters. The molecule has 19 heteroatoms. The van der Waals surface area contributed by atoms with Gasteiger partial charge in [-0.25, -0.2) is 9.97 Å². The average Bonchev–Trinajstić information content (AvgIpc) is 4.11. The molecule has 6 heterocycles. The number of nitrogens with zero attached hydrogens (tertiary/aromatic N) is 7. The standard InChI is InChI=1S/C54H61ClN10O6S2/c1-28-32(5)73-53-47(28)48(35-14-16-37(55)17-15-35)60-42(51-63-62-33(6)65(51)53)23-44(67)59-38-20-41(21-38)71-46-19-18-40(24-56-46)70-26-45(68)61-50(54(7,8)9)52(69)64-25-39(66)22-43(64)30(3)58-29(2)34-10-12-36(13-11-34)49-31(4)57-27-72-49/h10-19,24,27,29,38-39,41-43,50,58,66H,3,20-23,25-26H2,1-2,4-9H3,(H,59,67)(H,61,68)/t29-,38-,39+,41-,42-,43-,50+/m0/s1. The predicted molar refractivity (Wildman–Crippen MR) is 284 cm³/mol. The number of aryl methyl sites for hydroxylation is 3. The predicted octanol–water partition coefficient (Wildman–Crippen LogP) is 8.48. The van der Waals surface area contributed by atoms with Crippen LogP contribution in [0.2, 0.25) is 5.02 Å². The van der Waals surface area contributed by atoms with Crippen molar-refractivity contribution in [1.29, 1.82) is 0 Å². The summed E-state index contributed by atoms with van der Waals surface area (Å²) < 4.78 is 14.0. The number of nitrogens with one attached hydrogen (secondary N) is 3. The molecule has 2 aromatic carbocycles. The zero-order chi connectivity index (χ0) is 51.9. The summed E-state index contributed by atoms with van der Waals surface area (Å²) in [6.07, 6.45) is 2.17. The largest absolute Gasteiger partial charge is 0.482 e. The molecule has 16 nitrogen and oxygen atoms in total. The highest BCUT2D eigenvalue weighted by molar-refractivity contribution is 7.15. The van der Waals surface area contributed by atoms with Crippen LogP contribution in [0.1, 0.15) is 110 Å². The number of hydrogen-bond donors (Lipinski definition) is 4. The number of ether oxygens (including phenoxy) is 2. The molecule has 6 aromatic rings. The number of halogens is 1. The Morgan fingerprint density at radius 1 is 0.932 bits per heavy atom. The lowest BCUT2D eigenvalue weighted by atomic mass is 9.85. The third-order valence-corrected chi connectivity index (χ3v) is 16.2. The van der Waals surface area contributed by atoms with Gasteiger partial charge in [0.2, 0.25) is 17.7 Å². The fraction of sp³-hybridized carbons (Fsp3) is 0.407. The lowest BCUT2D eigenvalue weighted by Gasteiger charge is -2.36. The summed E-state index contributed by atoms with van der Waals surface area (Å²) in [5, 5.41) is 30.9. The first-order chi connectivity index (χ1) is 34.8. The number of pyridine rings is 1. The topological polar surface area (TPSA) is 198 Å². The van der Waals surface area contributed by atoms with Crippen LogP contribution in [-0.2, 0) is 14.4 Å². The summed E-state index contributed by atoms with van der Waals surface area (Å²) in [6.45, 7) is 19.8. The molecule has 2 aliphatic heterocycles. The van der Waals surface area contributed by atoms with Gasteiger partial charge in [0.05, 0.1) is 46.6 Å². The van der Waals surface area contributed by atoms with Crippen molar-refractivity contribution >= 4 is 57.7 Å². The quantitative estimate of drug-likeness (QED) is 0.0726. The van der Waals surface area contributed by atoms with E-state index >= 15 is 0 Å². The van der Waals surface area contributed by atoms with Gasteiger partial charge in [0.15, 0.2) is 12.4 Å². The van der Waals surface area contributed by atoms with Gasteiger partial charge in [-0.3, -0.25) is 23.9 Å². The van der Waals surface area contributed by atoms with E-state index in [4.69, 9.17) is 26.1 Å². The normalized spacial score (nSPS) is 20.1. The van der Waals surface area contributed by atoms with E-state index in [0.717, 1.165) is 54.9 Å². The molecule has 1 saturated heterocycles. The highest BCUT2D eigenvalue weighted by Crippen LogP contribution is 2.40. The summed E-state index contributed by atoms with van der Waals surface area (Å²) in [4.78, 5) is 59.3. The lowest BCUT2D eigenvalue weighted by Crippen LogP contribution is -2.57. The number of carbonyl (C=O) groups excluding carboxylic acids is 3. The Labute approximate surface area is 438 Å². The second-order valence-electron chi connectivity index (χ2n) is 20.2. The van der Waals surface area contributed by atoms with Crippen molar-refractivity contribution in [2.45, 2.75) is 123 Å². The minimum atomic E-state index is -0.915. The first-order valence-corrected chi connectivity index (χ1v) is 26.5. The molecule has 2 fully saturated rings. The molecule has 4 N–H and O–H groups in total. The van der Waals surface area contributed by atoms with Crippen LogP contribution in [0, 0.1) is 33.1 Å². The number of thiazole rings is 1. The molecule has 4 aromatic heterocycles. The van der Waals surface area contributed by atoms with Crippen molar-refractivity contribution in [3.05, 3.63) is 134 Å². The van der Waals surface area contributed by atoms with Gasteiger partial charge in [0.25, 0.3) is 5.91 Å². The van der Waals surface area contributed by atoms with E-state index in [1.807, 2.05) is 75.9 Å². The first kappa shape index (κ1) is 51.4. The van der Waals surface area contributed by atoms with Gasteiger partial charge in [-0.05, 0) is 74.9 Å². The van der Waals surface area contributed by atoms with Gasteiger partial charge in [-0.2, -0.15) is 0 Å². The number of benzene rings is 2. The molecule has 1 aliphatic carbocycles. The molecule has 0 unspecified atom stereocenters. The SMILES string of the molecule is C=C(N[C@@H](C)c1ccc(-c2scnc2C)cc1)[C@@H]1C[C@@H](O)CN1C(=O)[C@@H](NC(=O)COc1ccc(O[C@H]2C[C@H](NC(=O)C[C@@H]3N=C(c4ccc(Cl)cc4)c4c(sc(C)c4C)-n4c(C)nnc43)C2)nc1)C(C)(C)C. The van der Waals surface area contributed by atoms with E-state index < -0.39 is 35.6 Å². The van der Waals surface area contributed by atoms with Crippen LogP contribution in [0.5, 0.6) is 11.6 Å². The molecule has 73 heavy (non-hydrogen) atoms. The van der Waals surface area contributed by atoms with Crippen LogP contribution in [0.4, 0.5) is 0 Å². The van der Waals surface area contributed by atoms with Crippen molar-refractivity contribution < 1.29 is 29.0 Å². The third-order valence-electron chi connectivity index (χ3n) is 13.8. The van der Waals surface area contributed by atoms with Gasteiger partial charge in [0.1, 0.15) is 34.8 Å². The molecule has 0 radical (unpaired) electrons. The third kappa shape index (κ3) is 11.2. The molecule has 0 spiro atoms. The number of aromatic nitrogens is 5. The van der Waals surface area contributed by atoms with Crippen LogP contribution < -0.4 is 25.4 Å². The number of likely N-dealkylation sites (tertiary alicyclic amines) is 1. The number of rotatable bonds is 16. The molecular formula is C54H61ClN10O6S2. The fourth-order valence-corrected chi connectivity index (χ4v) is 11.7. The highest BCUT2D eigenvalue weighted by atomic mass is 35.5. The Morgan fingerprint density at radius 2 is 1.66 bits per heavy atom. The zero-order valence-corrected chi connectivity index (χ0v) is 44.6. The molecule has 3 aliphatic rings. The lowest BCUT2D eigenvalue weighted by molar-refractivity contribution is -0.140. The van der Waals surface area contributed by atoms with Crippen LogP contribution >= 0.6 is 34.3 Å². The van der Waals surface area contributed by atoms with E-state index in [1.165, 1.54) is 11.1 Å². The number of aliphatic imine (C=N–C) groups is 1. The van der Waals surface area contributed by atoms with Crippen molar-refractivity contribution in [2.24, 2.45) is 10.4 Å². The van der Waals surface area contributed by atoms with Crippen molar-refractivity contribution in [3.8, 4) is 27.1 Å². The van der Waals surface area contributed by atoms with Gasteiger partial charge in [-0.15, -0.1) is 32.9 Å². The average molecular weight is 1050 g/mol.